The molecule has 9 nitrogen and oxygen atoms in total. The van der Waals surface area contributed by atoms with Crippen LogP contribution in [0.25, 0.3) is 0 Å². The maximum atomic E-state index is 13.3. The second kappa shape index (κ2) is 37.3. The average molecular weight is 789 g/mol. The number of phosphoric ester groups is 1. The van der Waals surface area contributed by atoms with Crippen molar-refractivity contribution in [3.05, 3.63) is 12.2 Å². The first kappa shape index (κ1) is 52.8. The van der Waals surface area contributed by atoms with E-state index in [4.69, 9.17) is 23.0 Å². The number of ether oxygens (including phenoxy) is 2. The third kappa shape index (κ3) is 37.7. The van der Waals surface area contributed by atoms with Crippen LogP contribution in [0, 0.1) is 0 Å². The highest BCUT2D eigenvalue weighted by molar-refractivity contribution is 7.48. The fraction of sp³-hybridized carbons (Fsp3) is 0.909. The Morgan fingerprint density at radius 1 is 0.537 bits per heavy atom. The van der Waals surface area contributed by atoms with Crippen LogP contribution in [0.5, 0.6) is 0 Å². The van der Waals surface area contributed by atoms with Crippen LogP contribution in [0.3, 0.4) is 0 Å². The molecular formula is C44H87NO8P+. The predicted molar refractivity (Wildman–Crippen MR) is 225 cm³/mol. The van der Waals surface area contributed by atoms with Gasteiger partial charge in [0, 0.05) is 12.8 Å². The number of hydrogen-bond acceptors (Lipinski definition) is 8. The monoisotopic (exact) mass is 789 g/mol. The Balaban J connectivity index is 4.57. The third-order valence-corrected chi connectivity index (χ3v) is 11.1. The zero-order chi connectivity index (χ0) is 40.0. The predicted octanol–water partition coefficient (Wildman–Crippen LogP) is 12.8. The molecule has 0 rings (SSSR count). The van der Waals surface area contributed by atoms with Crippen molar-refractivity contribution in [3.63, 3.8) is 0 Å². The smallest absolute Gasteiger partial charge is 0.462 e. The molecule has 0 aliphatic carbocycles. The minimum absolute atomic E-state index is 0.135. The van der Waals surface area contributed by atoms with Gasteiger partial charge in [-0.3, -0.25) is 23.2 Å². The maximum absolute atomic E-state index is 13.3. The Kier molecular flexibility index (Phi) is 36.5. The number of nitrogens with zero attached hydrogens (tertiary/aromatic N) is 1. The van der Waals surface area contributed by atoms with E-state index in [0.717, 1.165) is 57.8 Å². The first-order valence-corrected chi connectivity index (χ1v) is 23.9. The van der Waals surface area contributed by atoms with Crippen LogP contribution >= 0.6 is 7.82 Å². The lowest BCUT2D eigenvalue weighted by molar-refractivity contribution is -0.870. The fourth-order valence-electron chi connectivity index (χ4n) is 6.12. The molecule has 0 N–H and O–H groups in total. The number of likely N-dealkylation sites (N-methyl/N-ethyl adjacent to an activating group) is 1. The summed E-state index contributed by atoms with van der Waals surface area (Å²) in [6, 6.07) is 0. The zero-order valence-corrected chi connectivity index (χ0v) is 37.1. The van der Waals surface area contributed by atoms with Crippen molar-refractivity contribution in [3.8, 4) is 0 Å². The van der Waals surface area contributed by atoms with Gasteiger partial charge in [0.2, 0.25) is 0 Å². The van der Waals surface area contributed by atoms with E-state index in [0.29, 0.717) is 17.4 Å². The standard InChI is InChI=1S/C44H87NO8P/c1-7-10-12-14-16-18-20-22-23-25-27-29-31-33-35-37-44(47)53-42(41-52-54(48,50-9-3)51-39-38-45(4,5)6)40-49-43(46)36-34-32-30-28-26-24-21-19-17-15-13-11-8-2/h22-23,42H,7-21,24-41H2,1-6H3/q+1/b23-22-/t42-,54?/m1/s1. The largest absolute Gasteiger partial charge is 0.475 e. The molecule has 0 heterocycles. The Bertz CT molecular complexity index is 938. The van der Waals surface area contributed by atoms with E-state index in [1.54, 1.807) is 6.92 Å². The molecule has 0 saturated carbocycles. The highest BCUT2D eigenvalue weighted by Crippen LogP contribution is 2.49. The van der Waals surface area contributed by atoms with E-state index in [2.05, 4.69) is 26.0 Å². The van der Waals surface area contributed by atoms with E-state index in [9.17, 15) is 14.2 Å². The van der Waals surface area contributed by atoms with Crippen LogP contribution in [0.15, 0.2) is 12.2 Å². The van der Waals surface area contributed by atoms with Crippen molar-refractivity contribution in [2.24, 2.45) is 0 Å². The minimum atomic E-state index is -3.89. The molecule has 0 amide bonds. The van der Waals surface area contributed by atoms with Gasteiger partial charge in [-0.25, -0.2) is 4.57 Å². The van der Waals surface area contributed by atoms with Crippen molar-refractivity contribution in [2.75, 3.05) is 54.1 Å². The minimum Gasteiger partial charge on any atom is -0.462 e. The molecule has 54 heavy (non-hydrogen) atoms. The number of quaternary nitrogens is 1. The molecule has 320 valence electrons. The molecule has 0 aliphatic heterocycles. The Morgan fingerprint density at radius 3 is 1.41 bits per heavy atom. The molecule has 0 bridgehead atoms. The first-order chi connectivity index (χ1) is 26.0. The molecule has 10 heteroatoms. The molecule has 0 saturated heterocycles. The number of hydrogen-bond donors (Lipinski definition) is 0. The van der Waals surface area contributed by atoms with Gasteiger partial charge in [0.15, 0.2) is 6.10 Å². The van der Waals surface area contributed by atoms with E-state index < -0.39 is 13.9 Å². The van der Waals surface area contributed by atoms with Gasteiger partial charge in [-0.1, -0.05) is 154 Å². The summed E-state index contributed by atoms with van der Waals surface area (Å²) in [5.41, 5.74) is 0. The SMILES string of the molecule is CCCCCCCC/C=C\CCCCCCCC(=O)O[C@H](COC(=O)CCCCCCCCCCCCCCC)COP(=O)(OCC)OCC[N+](C)(C)C. The lowest BCUT2D eigenvalue weighted by atomic mass is 10.0. The molecule has 0 aromatic rings. The van der Waals surface area contributed by atoms with E-state index >= 15 is 0 Å². The molecule has 0 fully saturated rings. The number of rotatable bonds is 41. The molecule has 1 unspecified atom stereocenters. The number of phosphoric acid groups is 1. The van der Waals surface area contributed by atoms with Crippen LogP contribution in [0.2, 0.25) is 0 Å². The summed E-state index contributed by atoms with van der Waals surface area (Å²) in [5, 5.41) is 0. The Hall–Kier alpha value is -1.25. The van der Waals surface area contributed by atoms with Gasteiger partial charge in [-0.05, 0) is 45.4 Å². The Morgan fingerprint density at radius 2 is 0.963 bits per heavy atom. The summed E-state index contributed by atoms with van der Waals surface area (Å²) < 4.78 is 41.7. The number of allylic oxidation sites excluding steroid dienone is 2. The molecule has 0 spiro atoms. The summed E-state index contributed by atoms with van der Waals surface area (Å²) in [6.45, 7) is 6.71. The van der Waals surface area contributed by atoms with E-state index in [-0.39, 0.29) is 44.8 Å². The number of carbonyl (C=O) groups excluding carboxylic acids is 2. The summed E-state index contributed by atoms with van der Waals surface area (Å²) in [6.07, 6.45) is 35.8. The van der Waals surface area contributed by atoms with Gasteiger partial charge in [0.25, 0.3) is 0 Å². The van der Waals surface area contributed by atoms with Crippen molar-refractivity contribution in [1.29, 1.82) is 0 Å². The van der Waals surface area contributed by atoms with Gasteiger partial charge >= 0.3 is 19.8 Å². The third-order valence-electron chi connectivity index (χ3n) is 9.57. The zero-order valence-electron chi connectivity index (χ0n) is 36.2. The normalized spacial score (nSPS) is 13.7. The van der Waals surface area contributed by atoms with Gasteiger partial charge in [0.1, 0.15) is 19.8 Å². The van der Waals surface area contributed by atoms with Crippen LogP contribution < -0.4 is 0 Å². The highest BCUT2D eigenvalue weighted by atomic mass is 31.2. The van der Waals surface area contributed by atoms with Crippen LogP contribution in [-0.4, -0.2) is 76.6 Å². The van der Waals surface area contributed by atoms with Gasteiger partial charge in [-0.2, -0.15) is 0 Å². The fourth-order valence-corrected chi connectivity index (χ4v) is 7.31. The summed E-state index contributed by atoms with van der Waals surface area (Å²) in [5.74, 6) is -0.713. The quantitative estimate of drug-likeness (QED) is 0.0199. The summed E-state index contributed by atoms with van der Waals surface area (Å²) in [7, 11) is 2.13. The molecule has 0 radical (unpaired) electrons. The summed E-state index contributed by atoms with van der Waals surface area (Å²) >= 11 is 0. The summed E-state index contributed by atoms with van der Waals surface area (Å²) in [4.78, 5) is 25.4. The number of esters is 2. The molecule has 0 aromatic carbocycles. The average Bonchev–Trinajstić information content (AvgIpc) is 3.12. The van der Waals surface area contributed by atoms with Crippen LogP contribution in [0.4, 0.5) is 0 Å². The maximum Gasteiger partial charge on any atom is 0.475 e. The van der Waals surface area contributed by atoms with Gasteiger partial charge in [0.05, 0.1) is 34.4 Å². The lowest BCUT2D eigenvalue weighted by Crippen LogP contribution is -2.37. The second-order valence-electron chi connectivity index (χ2n) is 16.1. The van der Waals surface area contributed by atoms with Crippen molar-refractivity contribution < 1.29 is 41.7 Å². The first-order valence-electron chi connectivity index (χ1n) is 22.4. The lowest BCUT2D eigenvalue weighted by Gasteiger charge is -2.25. The van der Waals surface area contributed by atoms with Crippen LogP contribution in [0.1, 0.15) is 201 Å². The topological polar surface area (TPSA) is 97.4 Å². The molecule has 0 aromatic heterocycles. The van der Waals surface area contributed by atoms with Crippen molar-refractivity contribution in [2.45, 2.75) is 207 Å². The number of unbranched alkanes of at least 4 members (excludes halogenated alkanes) is 23. The molecule has 2 atom stereocenters. The molecular weight excluding hydrogens is 701 g/mol. The van der Waals surface area contributed by atoms with Gasteiger partial charge < -0.3 is 14.0 Å². The van der Waals surface area contributed by atoms with Crippen LogP contribution in [-0.2, 0) is 37.2 Å². The van der Waals surface area contributed by atoms with E-state index in [1.807, 2.05) is 21.1 Å². The second-order valence-corrected chi connectivity index (χ2v) is 17.8. The van der Waals surface area contributed by atoms with Crippen molar-refractivity contribution in [1.82, 2.24) is 0 Å². The van der Waals surface area contributed by atoms with E-state index in [1.165, 1.54) is 109 Å². The van der Waals surface area contributed by atoms with Crippen molar-refractivity contribution >= 4 is 19.8 Å². The van der Waals surface area contributed by atoms with Gasteiger partial charge in [-0.15, -0.1) is 0 Å². The number of carbonyl (C=O) groups is 2. The highest BCUT2D eigenvalue weighted by Gasteiger charge is 2.30. The Labute approximate surface area is 333 Å². The molecule has 0 aliphatic rings.